The molecule has 0 saturated heterocycles. The first-order chi connectivity index (χ1) is 11.7. The van der Waals surface area contributed by atoms with Gasteiger partial charge in [-0.15, -0.1) is 0 Å². The molecular weight excluding hydrogens is 313 g/mol. The molecule has 0 saturated carbocycles. The van der Waals surface area contributed by atoms with Crippen molar-refractivity contribution in [1.29, 1.82) is 0 Å². The Bertz CT molecular complexity index is 743. The maximum Gasteiger partial charge on any atom is 0.127 e. The Morgan fingerprint density at radius 3 is 2.36 bits per heavy atom. The minimum atomic E-state index is -0.300. The molecule has 25 heavy (non-hydrogen) atoms. The molecule has 1 N–H and O–H groups in total. The first-order valence-electron chi connectivity index (χ1n) is 8.63. The number of hydrogen-bond acceptors (Lipinski definition) is 2. The van der Waals surface area contributed by atoms with Crippen molar-refractivity contribution in [2.24, 2.45) is 4.99 Å². The monoisotopic (exact) mass is 341 g/mol. The Hall–Kier alpha value is -2.36. The van der Waals surface area contributed by atoms with Crippen LogP contribution in [0.3, 0.4) is 0 Å². The molecule has 0 fully saturated rings. The molecule has 0 spiro atoms. The molecule has 4 heteroatoms. The summed E-state index contributed by atoms with van der Waals surface area (Å²) in [5.41, 5.74) is 4.59. The summed E-state index contributed by atoms with van der Waals surface area (Å²) in [7, 11) is 1.94. The molecule has 2 aromatic carbocycles. The largest absolute Gasteiger partial charge is 0.366 e. The quantitative estimate of drug-likeness (QED) is 0.551. The number of aliphatic imine (C=N–C) groups is 1. The predicted molar refractivity (Wildman–Crippen MR) is 106 cm³/mol. The van der Waals surface area contributed by atoms with Gasteiger partial charge in [-0.3, -0.25) is 0 Å². The summed E-state index contributed by atoms with van der Waals surface area (Å²) in [6, 6.07) is 11.2. The Morgan fingerprint density at radius 2 is 1.80 bits per heavy atom. The molecule has 2 rings (SSSR count). The second-order valence-electron chi connectivity index (χ2n) is 7.37. The molecule has 0 amide bonds. The van der Waals surface area contributed by atoms with E-state index < -0.39 is 0 Å². The maximum atomic E-state index is 14.0. The first-order valence-corrected chi connectivity index (χ1v) is 8.63. The van der Waals surface area contributed by atoms with Crippen LogP contribution in [0.1, 0.15) is 38.8 Å². The fraction of sp³-hybridized carbons (Fsp3) is 0.381. The van der Waals surface area contributed by atoms with Crippen molar-refractivity contribution in [1.82, 2.24) is 4.90 Å². The van der Waals surface area contributed by atoms with E-state index in [2.05, 4.69) is 43.2 Å². The van der Waals surface area contributed by atoms with Crippen molar-refractivity contribution in [2.75, 3.05) is 18.9 Å². The Balaban J connectivity index is 2.27. The van der Waals surface area contributed by atoms with Gasteiger partial charge >= 0.3 is 0 Å². The number of rotatable bonds is 5. The summed E-state index contributed by atoms with van der Waals surface area (Å²) in [6.45, 7) is 11.4. The van der Waals surface area contributed by atoms with E-state index in [4.69, 9.17) is 0 Å². The second-order valence-corrected chi connectivity index (χ2v) is 7.37. The van der Waals surface area contributed by atoms with Crippen LogP contribution in [-0.2, 0) is 5.41 Å². The van der Waals surface area contributed by atoms with Gasteiger partial charge in [0.15, 0.2) is 0 Å². The number of anilines is 2. The lowest BCUT2D eigenvalue weighted by Gasteiger charge is -2.19. The third-order valence-electron chi connectivity index (χ3n) is 4.27. The zero-order valence-electron chi connectivity index (χ0n) is 16.0. The van der Waals surface area contributed by atoms with Crippen LogP contribution in [0.15, 0.2) is 41.4 Å². The van der Waals surface area contributed by atoms with Crippen molar-refractivity contribution < 1.29 is 4.39 Å². The Labute approximate surface area is 150 Å². The summed E-state index contributed by atoms with van der Waals surface area (Å²) in [4.78, 5) is 6.35. The van der Waals surface area contributed by atoms with Crippen molar-refractivity contribution >= 4 is 23.4 Å². The molecule has 0 aliphatic rings. The van der Waals surface area contributed by atoms with Gasteiger partial charge in [-0.25, -0.2) is 9.38 Å². The molecule has 0 aliphatic heterocycles. The molecule has 0 atom stereocenters. The third-order valence-corrected chi connectivity index (χ3v) is 4.27. The van der Waals surface area contributed by atoms with E-state index in [1.165, 1.54) is 17.7 Å². The summed E-state index contributed by atoms with van der Waals surface area (Å²) < 4.78 is 14.0. The summed E-state index contributed by atoms with van der Waals surface area (Å²) in [5, 5.41) is 3.31. The minimum Gasteiger partial charge on any atom is -0.366 e. The molecule has 0 radical (unpaired) electrons. The van der Waals surface area contributed by atoms with Gasteiger partial charge in [-0.2, -0.15) is 0 Å². The van der Waals surface area contributed by atoms with Crippen LogP contribution < -0.4 is 5.32 Å². The van der Waals surface area contributed by atoms with Crippen molar-refractivity contribution in [3.63, 3.8) is 0 Å². The van der Waals surface area contributed by atoms with E-state index in [9.17, 15) is 4.39 Å². The SMILES string of the molecule is CCN(C)/C=N\c1cc(F)cc(Nc2ccc(C(C)(C)C)cc2)c1C. The lowest BCUT2D eigenvalue weighted by molar-refractivity contribution is 0.552. The topological polar surface area (TPSA) is 27.6 Å². The normalized spacial score (nSPS) is 11.8. The number of nitrogens with zero attached hydrogens (tertiary/aromatic N) is 2. The van der Waals surface area contributed by atoms with Crippen LogP contribution >= 0.6 is 0 Å². The summed E-state index contributed by atoms with van der Waals surface area (Å²) >= 11 is 0. The summed E-state index contributed by atoms with van der Waals surface area (Å²) in [5.74, 6) is -0.300. The number of halogens is 1. The molecule has 0 bridgehead atoms. The van der Waals surface area contributed by atoms with Crippen LogP contribution in [0.2, 0.25) is 0 Å². The molecule has 3 nitrogen and oxygen atoms in total. The molecular formula is C21H28FN3. The average Bonchev–Trinajstić information content (AvgIpc) is 2.55. The highest BCUT2D eigenvalue weighted by molar-refractivity contribution is 5.72. The molecule has 134 valence electrons. The molecule has 0 aromatic heterocycles. The zero-order chi connectivity index (χ0) is 18.6. The van der Waals surface area contributed by atoms with E-state index in [0.717, 1.165) is 23.5 Å². The standard InChI is InChI=1S/C21H28FN3/c1-7-25(6)14-23-19-12-17(22)13-20(15(19)2)24-18-10-8-16(9-11-18)21(3,4)5/h8-14,24H,7H2,1-6H3/b23-14-. The lowest BCUT2D eigenvalue weighted by atomic mass is 9.87. The molecule has 2 aromatic rings. The van der Waals surface area contributed by atoms with E-state index in [0.29, 0.717) is 5.69 Å². The van der Waals surface area contributed by atoms with Gasteiger partial charge in [0.05, 0.1) is 12.0 Å². The van der Waals surface area contributed by atoms with Gasteiger partial charge in [0.25, 0.3) is 0 Å². The number of hydrogen-bond donors (Lipinski definition) is 1. The van der Waals surface area contributed by atoms with E-state index in [1.807, 2.05) is 37.9 Å². The predicted octanol–water partition coefficient (Wildman–Crippen LogP) is 5.79. The van der Waals surface area contributed by atoms with Gasteiger partial charge < -0.3 is 10.2 Å². The Morgan fingerprint density at radius 1 is 1.16 bits per heavy atom. The fourth-order valence-corrected chi connectivity index (χ4v) is 2.38. The van der Waals surface area contributed by atoms with Crippen LogP contribution in [0.25, 0.3) is 0 Å². The summed E-state index contributed by atoms with van der Waals surface area (Å²) in [6.07, 6.45) is 1.73. The van der Waals surface area contributed by atoms with Gasteiger partial charge in [-0.1, -0.05) is 32.9 Å². The highest BCUT2D eigenvalue weighted by Crippen LogP contribution is 2.31. The molecule has 0 aliphatic carbocycles. The highest BCUT2D eigenvalue weighted by Gasteiger charge is 2.13. The fourth-order valence-electron chi connectivity index (χ4n) is 2.38. The number of nitrogens with one attached hydrogen (secondary N) is 1. The third kappa shape index (κ3) is 5.05. The molecule has 0 heterocycles. The number of benzene rings is 2. The first kappa shape index (κ1) is 19.0. The second kappa shape index (κ2) is 7.68. The van der Waals surface area contributed by atoms with Crippen molar-refractivity contribution in [3.8, 4) is 0 Å². The molecule has 0 unspecified atom stereocenters. The average molecular weight is 341 g/mol. The van der Waals surface area contributed by atoms with Gasteiger partial charge in [-0.05, 0) is 54.7 Å². The van der Waals surface area contributed by atoms with Crippen LogP contribution in [0.4, 0.5) is 21.5 Å². The van der Waals surface area contributed by atoms with Crippen LogP contribution in [0, 0.1) is 12.7 Å². The zero-order valence-corrected chi connectivity index (χ0v) is 16.0. The van der Waals surface area contributed by atoms with Crippen LogP contribution in [0.5, 0.6) is 0 Å². The Kier molecular flexibility index (Phi) is 5.83. The van der Waals surface area contributed by atoms with Gasteiger partial charge in [0.2, 0.25) is 0 Å². The van der Waals surface area contributed by atoms with Gasteiger partial charge in [0.1, 0.15) is 5.82 Å². The van der Waals surface area contributed by atoms with Crippen molar-refractivity contribution in [3.05, 3.63) is 53.3 Å². The van der Waals surface area contributed by atoms with E-state index in [1.54, 1.807) is 6.34 Å². The lowest BCUT2D eigenvalue weighted by Crippen LogP contribution is -2.14. The van der Waals surface area contributed by atoms with E-state index in [-0.39, 0.29) is 11.2 Å². The maximum absolute atomic E-state index is 14.0. The minimum absolute atomic E-state index is 0.112. The van der Waals surface area contributed by atoms with Gasteiger partial charge in [0, 0.05) is 25.0 Å². The van der Waals surface area contributed by atoms with E-state index >= 15 is 0 Å². The highest BCUT2D eigenvalue weighted by atomic mass is 19.1. The smallest absolute Gasteiger partial charge is 0.127 e. The van der Waals surface area contributed by atoms with Crippen molar-refractivity contribution in [2.45, 2.75) is 40.0 Å². The van der Waals surface area contributed by atoms with Crippen LogP contribution in [-0.4, -0.2) is 24.8 Å².